The van der Waals surface area contributed by atoms with E-state index in [-0.39, 0.29) is 24.1 Å². The number of alkyl halides is 1. The number of anilines is 3. The zero-order chi connectivity index (χ0) is 27.6. The maximum absolute atomic E-state index is 14.2. The number of carbonyl (C=O) groups is 2. The Balaban J connectivity index is 1.55. The van der Waals surface area contributed by atoms with Gasteiger partial charge in [0.15, 0.2) is 11.6 Å². The minimum absolute atomic E-state index is 0.0741. The van der Waals surface area contributed by atoms with Gasteiger partial charge in [-0.25, -0.2) is 22.9 Å². The Morgan fingerprint density at radius 2 is 2.03 bits per heavy atom. The Labute approximate surface area is 216 Å². The molecule has 1 aliphatic rings. The Morgan fingerprint density at radius 1 is 1.26 bits per heavy atom. The molecule has 3 aromatic rings. The van der Waals surface area contributed by atoms with Crippen molar-refractivity contribution in [1.29, 1.82) is 0 Å². The molecule has 0 spiro atoms. The van der Waals surface area contributed by atoms with Gasteiger partial charge in [-0.15, -0.1) is 0 Å². The third-order valence-electron chi connectivity index (χ3n) is 6.03. The second-order valence-electron chi connectivity index (χ2n) is 8.73. The number of nitrogens with one attached hydrogen (secondary N) is 2. The molecule has 0 saturated carbocycles. The monoisotopic (exact) mass is 526 g/mol. The van der Waals surface area contributed by atoms with Crippen LogP contribution >= 0.6 is 0 Å². The summed E-state index contributed by atoms with van der Waals surface area (Å²) in [4.78, 5) is 37.9. The maximum atomic E-state index is 14.2. The fourth-order valence-electron chi connectivity index (χ4n) is 3.99. The molecule has 1 aromatic carbocycles. The first-order chi connectivity index (χ1) is 18.1. The highest BCUT2D eigenvalue weighted by Gasteiger charge is 2.39. The Morgan fingerprint density at radius 3 is 2.71 bits per heavy atom. The summed E-state index contributed by atoms with van der Waals surface area (Å²) in [6, 6.07) is 4.41. The number of carbonyl (C=O) groups excluding carboxylic acids is 2. The summed E-state index contributed by atoms with van der Waals surface area (Å²) < 4.78 is 47.4. The zero-order valence-electron chi connectivity index (χ0n) is 20.8. The van der Waals surface area contributed by atoms with Crippen LogP contribution in [0.3, 0.4) is 0 Å². The summed E-state index contributed by atoms with van der Waals surface area (Å²) in [6.45, 7) is 8.17. The SMILES string of the molecule is C=CC(=O)Nc1cc(-c2cnc([C@H](C)Nc3nccc(N4C(=O)OC[C@@H]4[C@H](C)F)n3)cc2C)cc(F)c1F. The molecule has 2 aromatic heterocycles. The Hall–Kier alpha value is -4.48. The van der Waals surface area contributed by atoms with E-state index < -0.39 is 41.9 Å². The number of benzene rings is 1. The van der Waals surface area contributed by atoms with Crippen LogP contribution in [0.15, 0.2) is 49.3 Å². The van der Waals surface area contributed by atoms with Gasteiger partial charge in [-0.3, -0.25) is 14.7 Å². The van der Waals surface area contributed by atoms with E-state index in [9.17, 15) is 22.8 Å². The third kappa shape index (κ3) is 5.43. The number of aromatic nitrogens is 3. The fraction of sp³-hybridized carbons (Fsp3) is 0.269. The molecule has 0 aliphatic carbocycles. The predicted molar refractivity (Wildman–Crippen MR) is 135 cm³/mol. The number of aryl methyl sites for hydroxylation is 1. The van der Waals surface area contributed by atoms with Crippen molar-refractivity contribution in [3.05, 3.63) is 72.2 Å². The molecule has 12 heteroatoms. The second kappa shape index (κ2) is 10.9. The summed E-state index contributed by atoms with van der Waals surface area (Å²) >= 11 is 0. The van der Waals surface area contributed by atoms with E-state index >= 15 is 0 Å². The highest BCUT2D eigenvalue weighted by atomic mass is 19.2. The Kier molecular flexibility index (Phi) is 7.60. The standard InChI is InChI=1S/C26H25F3N6O3/c1-5-23(36)33-20-10-16(9-18(28)24(20)29)17-11-31-19(8-13(17)2)15(4)32-25-30-7-6-22(34-25)35-21(14(3)27)12-38-26(35)37/h5-11,14-15,21H,1,12H2,2-4H3,(H,33,36)(H,30,32,34)/t14-,15-,21+/m0/s1. The average Bonchev–Trinajstić information content (AvgIpc) is 3.28. The van der Waals surface area contributed by atoms with Gasteiger partial charge < -0.3 is 15.4 Å². The van der Waals surface area contributed by atoms with E-state index in [1.165, 1.54) is 31.5 Å². The molecule has 1 fully saturated rings. The van der Waals surface area contributed by atoms with Crippen LogP contribution < -0.4 is 15.5 Å². The van der Waals surface area contributed by atoms with Gasteiger partial charge in [0.1, 0.15) is 24.6 Å². The van der Waals surface area contributed by atoms with Gasteiger partial charge in [-0.2, -0.15) is 4.98 Å². The van der Waals surface area contributed by atoms with Crippen molar-refractivity contribution in [2.24, 2.45) is 0 Å². The predicted octanol–water partition coefficient (Wildman–Crippen LogP) is 5.11. The van der Waals surface area contributed by atoms with Crippen LogP contribution in [-0.2, 0) is 9.53 Å². The molecule has 3 heterocycles. The number of pyridine rings is 1. The van der Waals surface area contributed by atoms with Gasteiger partial charge in [-0.1, -0.05) is 6.58 Å². The number of cyclic esters (lactones) is 1. The van der Waals surface area contributed by atoms with Crippen molar-refractivity contribution in [2.75, 3.05) is 22.1 Å². The second-order valence-corrected chi connectivity index (χ2v) is 8.73. The highest BCUT2D eigenvalue weighted by Crippen LogP contribution is 2.31. The minimum Gasteiger partial charge on any atom is -0.447 e. The first-order valence-electron chi connectivity index (χ1n) is 11.7. The van der Waals surface area contributed by atoms with E-state index in [2.05, 4.69) is 32.2 Å². The number of hydrogen-bond acceptors (Lipinski definition) is 7. The molecule has 1 aliphatic heterocycles. The Bertz CT molecular complexity index is 1400. The van der Waals surface area contributed by atoms with Crippen molar-refractivity contribution in [3.63, 3.8) is 0 Å². The molecule has 9 nitrogen and oxygen atoms in total. The van der Waals surface area contributed by atoms with E-state index in [0.29, 0.717) is 22.4 Å². The smallest absolute Gasteiger partial charge is 0.416 e. The first-order valence-corrected chi connectivity index (χ1v) is 11.7. The van der Waals surface area contributed by atoms with Crippen LogP contribution in [0.5, 0.6) is 0 Å². The molecule has 2 N–H and O–H groups in total. The number of hydrogen-bond donors (Lipinski definition) is 2. The maximum Gasteiger partial charge on any atom is 0.416 e. The van der Waals surface area contributed by atoms with E-state index in [1.54, 1.807) is 13.0 Å². The number of nitrogens with zero attached hydrogens (tertiary/aromatic N) is 4. The van der Waals surface area contributed by atoms with Crippen LogP contribution in [0.2, 0.25) is 0 Å². The molecule has 1 saturated heterocycles. The molecule has 198 valence electrons. The van der Waals surface area contributed by atoms with Gasteiger partial charge in [0.2, 0.25) is 11.9 Å². The molecule has 0 radical (unpaired) electrons. The molecular weight excluding hydrogens is 501 g/mol. The summed E-state index contributed by atoms with van der Waals surface area (Å²) in [5.41, 5.74) is 1.85. The number of amides is 2. The molecule has 4 rings (SSSR count). The lowest BCUT2D eigenvalue weighted by Crippen LogP contribution is -2.39. The lowest BCUT2D eigenvalue weighted by Gasteiger charge is -2.22. The van der Waals surface area contributed by atoms with Crippen LogP contribution in [0, 0.1) is 18.6 Å². The van der Waals surface area contributed by atoms with Crippen molar-refractivity contribution in [1.82, 2.24) is 15.0 Å². The molecule has 38 heavy (non-hydrogen) atoms. The first kappa shape index (κ1) is 26.6. The molecule has 0 bridgehead atoms. The van der Waals surface area contributed by atoms with E-state index in [1.807, 2.05) is 6.92 Å². The topological polar surface area (TPSA) is 109 Å². The van der Waals surface area contributed by atoms with E-state index in [4.69, 9.17) is 4.74 Å². The zero-order valence-corrected chi connectivity index (χ0v) is 20.8. The normalized spacial score (nSPS) is 16.5. The lowest BCUT2D eigenvalue weighted by atomic mass is 10.00. The van der Waals surface area contributed by atoms with Gasteiger partial charge in [0.25, 0.3) is 0 Å². The average molecular weight is 527 g/mol. The largest absolute Gasteiger partial charge is 0.447 e. The van der Waals surface area contributed by atoms with Gasteiger partial charge in [0, 0.05) is 18.0 Å². The van der Waals surface area contributed by atoms with Gasteiger partial charge in [0.05, 0.1) is 17.4 Å². The van der Waals surface area contributed by atoms with Crippen molar-refractivity contribution >= 4 is 29.5 Å². The van der Waals surface area contributed by atoms with Crippen LogP contribution in [0.1, 0.15) is 31.1 Å². The van der Waals surface area contributed by atoms with Gasteiger partial charge >= 0.3 is 6.09 Å². The lowest BCUT2D eigenvalue weighted by molar-refractivity contribution is -0.111. The summed E-state index contributed by atoms with van der Waals surface area (Å²) in [5.74, 6) is -2.59. The molecule has 3 atom stereocenters. The molecule has 2 amide bonds. The van der Waals surface area contributed by atoms with Crippen molar-refractivity contribution in [3.8, 4) is 11.1 Å². The van der Waals surface area contributed by atoms with Crippen molar-refractivity contribution < 1.29 is 27.5 Å². The summed E-state index contributed by atoms with van der Waals surface area (Å²) in [6.07, 6.45) is 1.90. The molecule has 0 unspecified atom stereocenters. The summed E-state index contributed by atoms with van der Waals surface area (Å²) in [5, 5.41) is 5.35. The highest BCUT2D eigenvalue weighted by molar-refractivity contribution is 5.99. The molecular formula is C26H25F3N6O3. The van der Waals surface area contributed by atoms with Gasteiger partial charge in [-0.05, 0) is 62.2 Å². The van der Waals surface area contributed by atoms with Crippen LogP contribution in [0.4, 0.5) is 35.4 Å². The third-order valence-corrected chi connectivity index (χ3v) is 6.03. The minimum atomic E-state index is -1.32. The quantitative estimate of drug-likeness (QED) is 0.393. The van der Waals surface area contributed by atoms with E-state index in [0.717, 1.165) is 17.0 Å². The van der Waals surface area contributed by atoms with Crippen molar-refractivity contribution in [2.45, 2.75) is 39.0 Å². The fourth-order valence-corrected chi connectivity index (χ4v) is 3.99. The van der Waals surface area contributed by atoms with Crippen LogP contribution in [-0.4, -0.2) is 45.8 Å². The number of rotatable bonds is 8. The number of ether oxygens (including phenoxy) is 1. The summed E-state index contributed by atoms with van der Waals surface area (Å²) in [7, 11) is 0. The van der Waals surface area contributed by atoms with Crippen LogP contribution in [0.25, 0.3) is 11.1 Å². The number of halogens is 3.